The zero-order chi connectivity index (χ0) is 21.9. The van der Waals surface area contributed by atoms with E-state index in [-0.39, 0.29) is 25.0 Å². The van der Waals surface area contributed by atoms with Crippen molar-refractivity contribution in [3.05, 3.63) is 65.5 Å². The van der Waals surface area contributed by atoms with Gasteiger partial charge in [0.2, 0.25) is 11.8 Å². The van der Waals surface area contributed by atoms with E-state index in [1.807, 2.05) is 30.3 Å². The molecule has 0 bridgehead atoms. The molecule has 0 aliphatic rings. The van der Waals surface area contributed by atoms with E-state index >= 15 is 0 Å². The van der Waals surface area contributed by atoms with Crippen LogP contribution in [0.1, 0.15) is 30.2 Å². The smallest absolute Gasteiger partial charge is 0.404 e. The number of amides is 3. The van der Waals surface area contributed by atoms with Crippen LogP contribution < -0.4 is 22.1 Å². The Morgan fingerprint density at radius 3 is 2.43 bits per heavy atom. The number of pyridine rings is 1. The molecule has 0 saturated heterocycles. The first-order valence-electron chi connectivity index (χ1n) is 9.58. The largest absolute Gasteiger partial charge is 0.443 e. The zero-order valence-electron chi connectivity index (χ0n) is 16.8. The maximum atomic E-state index is 12.2. The predicted molar refractivity (Wildman–Crippen MR) is 111 cm³/mol. The van der Waals surface area contributed by atoms with Gasteiger partial charge in [-0.2, -0.15) is 0 Å². The number of primary amides is 1. The van der Waals surface area contributed by atoms with E-state index in [9.17, 15) is 14.4 Å². The van der Waals surface area contributed by atoms with Gasteiger partial charge in [-0.05, 0) is 37.0 Å². The first kappa shape index (κ1) is 22.8. The highest BCUT2D eigenvalue weighted by Crippen LogP contribution is 2.05. The number of aromatic nitrogens is 1. The number of rotatable bonds is 10. The number of hydrogen-bond acceptors (Lipinski definition) is 6. The lowest BCUT2D eigenvalue weighted by atomic mass is 10.1. The second-order valence-corrected chi connectivity index (χ2v) is 6.84. The molecule has 6 N–H and O–H groups in total. The number of nitrogens with two attached hydrogens (primary N) is 2. The molecular weight excluding hydrogens is 386 g/mol. The Bertz CT molecular complexity index is 842. The predicted octanol–water partition coefficient (Wildman–Crippen LogP) is 0.758. The Balaban J connectivity index is 1.73. The lowest BCUT2D eigenvalue weighted by molar-refractivity contribution is -0.129. The minimum atomic E-state index is -0.871. The van der Waals surface area contributed by atoms with Crippen LogP contribution in [0.2, 0.25) is 0 Å². The van der Waals surface area contributed by atoms with Crippen molar-refractivity contribution in [1.82, 2.24) is 15.6 Å². The summed E-state index contributed by atoms with van der Waals surface area (Å²) in [6.07, 6.45) is 1.86. The molecule has 2 rings (SSSR count). The topological polar surface area (TPSA) is 149 Å². The molecule has 0 spiro atoms. The minimum Gasteiger partial charge on any atom is -0.443 e. The van der Waals surface area contributed by atoms with E-state index in [0.717, 1.165) is 11.1 Å². The third-order valence-electron chi connectivity index (χ3n) is 4.39. The quantitative estimate of drug-likeness (QED) is 0.452. The number of nitrogens with zero attached hydrogens (tertiary/aromatic N) is 1. The maximum absolute atomic E-state index is 12.2. The van der Waals surface area contributed by atoms with E-state index in [2.05, 4.69) is 20.4 Å². The maximum Gasteiger partial charge on any atom is 0.404 e. The molecule has 0 fully saturated rings. The van der Waals surface area contributed by atoms with E-state index in [4.69, 9.17) is 11.5 Å². The van der Waals surface area contributed by atoms with Gasteiger partial charge >= 0.3 is 6.09 Å². The van der Waals surface area contributed by atoms with Crippen LogP contribution in [0.4, 0.5) is 4.79 Å². The summed E-state index contributed by atoms with van der Waals surface area (Å²) in [6, 6.07) is 11.8. The van der Waals surface area contributed by atoms with Crippen LogP contribution in [0.5, 0.6) is 0 Å². The number of nitrogens with one attached hydrogen (secondary N) is 2. The number of ether oxygens (including phenoxy) is 1. The van der Waals surface area contributed by atoms with Crippen LogP contribution in [-0.2, 0) is 33.9 Å². The summed E-state index contributed by atoms with van der Waals surface area (Å²) in [5.41, 5.74) is 13.2. The molecule has 0 radical (unpaired) electrons. The molecule has 0 unspecified atom stereocenters. The number of carbonyl (C=O) groups excluding carboxylic acids is 3. The molecule has 1 aromatic carbocycles. The van der Waals surface area contributed by atoms with Crippen LogP contribution >= 0.6 is 0 Å². The van der Waals surface area contributed by atoms with Gasteiger partial charge in [0.15, 0.2) is 0 Å². The van der Waals surface area contributed by atoms with Crippen molar-refractivity contribution in [3.8, 4) is 0 Å². The molecule has 30 heavy (non-hydrogen) atoms. The number of aryl methyl sites for hydroxylation is 1. The van der Waals surface area contributed by atoms with Crippen LogP contribution in [0.15, 0.2) is 48.7 Å². The summed E-state index contributed by atoms with van der Waals surface area (Å²) >= 11 is 0. The highest BCUT2D eigenvalue weighted by molar-refractivity contribution is 5.89. The second-order valence-electron chi connectivity index (χ2n) is 6.84. The van der Waals surface area contributed by atoms with Gasteiger partial charge in [-0.1, -0.05) is 36.4 Å². The van der Waals surface area contributed by atoms with Crippen molar-refractivity contribution in [2.75, 3.05) is 0 Å². The van der Waals surface area contributed by atoms with Gasteiger partial charge < -0.3 is 26.8 Å². The molecule has 0 saturated carbocycles. The van der Waals surface area contributed by atoms with E-state index in [1.165, 1.54) is 0 Å². The Hall–Kier alpha value is -3.46. The molecule has 9 nitrogen and oxygen atoms in total. The fraction of sp³-hybridized carbons (Fsp3) is 0.333. The number of carbonyl (C=O) groups is 3. The third-order valence-corrected chi connectivity index (χ3v) is 4.39. The molecule has 160 valence electrons. The Kier molecular flexibility index (Phi) is 8.76. The van der Waals surface area contributed by atoms with E-state index < -0.39 is 18.2 Å². The molecule has 9 heteroatoms. The number of benzene rings is 1. The minimum absolute atomic E-state index is 0.0183. The summed E-state index contributed by atoms with van der Waals surface area (Å²) in [6.45, 7) is 1.82. The lowest BCUT2D eigenvalue weighted by Gasteiger charge is -2.17. The van der Waals surface area contributed by atoms with Gasteiger partial charge in [-0.25, -0.2) is 4.79 Å². The van der Waals surface area contributed by atoms with Crippen molar-refractivity contribution in [2.45, 2.75) is 45.0 Å². The normalized spacial score (nSPS) is 12.5. The van der Waals surface area contributed by atoms with Crippen LogP contribution in [0.3, 0.4) is 0 Å². The molecule has 2 aromatic rings. The molecule has 1 heterocycles. The first-order valence-corrected chi connectivity index (χ1v) is 9.58. The average Bonchev–Trinajstić information content (AvgIpc) is 2.75. The van der Waals surface area contributed by atoms with Gasteiger partial charge in [0, 0.05) is 12.7 Å². The van der Waals surface area contributed by atoms with E-state index in [1.54, 1.807) is 25.3 Å². The standard InChI is InChI=1S/C21H27N5O4/c1-14(26-20(28)18(22)10-8-15-5-3-2-4-6-15)19(27)25-12-16-7-9-17(24-11-16)13-30-21(23)29/h2-7,9,11,14,18H,8,10,12-13,22H2,1H3,(H2,23,29)(H,25,27)(H,26,28)/t14-,18+/m0/s1. The summed E-state index contributed by atoms with van der Waals surface area (Å²) in [5, 5.41) is 5.37. The first-order chi connectivity index (χ1) is 14.3. The monoisotopic (exact) mass is 413 g/mol. The van der Waals surface area contributed by atoms with Crippen molar-refractivity contribution in [3.63, 3.8) is 0 Å². The fourth-order valence-corrected chi connectivity index (χ4v) is 2.62. The SMILES string of the molecule is C[C@H](NC(=O)[C@H](N)CCc1ccccc1)C(=O)NCc1ccc(COC(N)=O)nc1. The summed E-state index contributed by atoms with van der Waals surface area (Å²) in [7, 11) is 0. The van der Waals surface area contributed by atoms with Gasteiger partial charge in [-0.15, -0.1) is 0 Å². The fourth-order valence-electron chi connectivity index (χ4n) is 2.62. The van der Waals surface area contributed by atoms with Crippen molar-refractivity contribution < 1.29 is 19.1 Å². The molecule has 0 aliphatic heterocycles. The highest BCUT2D eigenvalue weighted by atomic mass is 16.5. The average molecular weight is 413 g/mol. The van der Waals surface area contributed by atoms with Gasteiger partial charge in [0.05, 0.1) is 11.7 Å². The number of hydrogen-bond donors (Lipinski definition) is 4. The van der Waals surface area contributed by atoms with Crippen LogP contribution in [-0.4, -0.2) is 35.0 Å². The zero-order valence-corrected chi connectivity index (χ0v) is 16.8. The lowest BCUT2D eigenvalue weighted by Crippen LogP contribution is -2.50. The van der Waals surface area contributed by atoms with Crippen molar-refractivity contribution in [2.24, 2.45) is 11.5 Å². The van der Waals surface area contributed by atoms with Crippen LogP contribution in [0, 0.1) is 0 Å². The van der Waals surface area contributed by atoms with E-state index in [0.29, 0.717) is 18.5 Å². The third kappa shape index (κ3) is 7.88. The summed E-state index contributed by atoms with van der Waals surface area (Å²) in [4.78, 5) is 39.2. The van der Waals surface area contributed by atoms with Crippen molar-refractivity contribution in [1.29, 1.82) is 0 Å². The van der Waals surface area contributed by atoms with Crippen LogP contribution in [0.25, 0.3) is 0 Å². The Morgan fingerprint density at radius 2 is 1.80 bits per heavy atom. The van der Waals surface area contributed by atoms with Gasteiger partial charge in [0.1, 0.15) is 12.6 Å². The van der Waals surface area contributed by atoms with Crippen molar-refractivity contribution >= 4 is 17.9 Å². The molecular formula is C21H27N5O4. The molecule has 1 aromatic heterocycles. The Morgan fingerprint density at radius 1 is 1.07 bits per heavy atom. The second kappa shape index (κ2) is 11.5. The molecule has 3 amide bonds. The van der Waals surface area contributed by atoms with Gasteiger partial charge in [0.25, 0.3) is 0 Å². The highest BCUT2D eigenvalue weighted by Gasteiger charge is 2.19. The Labute approximate surface area is 175 Å². The summed E-state index contributed by atoms with van der Waals surface area (Å²) in [5.74, 6) is -0.700. The summed E-state index contributed by atoms with van der Waals surface area (Å²) < 4.78 is 4.65. The van der Waals surface area contributed by atoms with Gasteiger partial charge in [-0.3, -0.25) is 14.6 Å². The molecule has 0 aliphatic carbocycles. The molecule has 2 atom stereocenters.